The molecule has 0 aliphatic rings. The lowest BCUT2D eigenvalue weighted by atomic mass is 9.80. The van der Waals surface area contributed by atoms with E-state index in [0.29, 0.717) is 6.42 Å². The number of methoxy groups -OCH3 is 2. The van der Waals surface area contributed by atoms with Crippen molar-refractivity contribution in [3.8, 4) is 12.3 Å². The van der Waals surface area contributed by atoms with Gasteiger partial charge in [-0.1, -0.05) is 6.92 Å². The molecule has 0 aliphatic carbocycles. The van der Waals surface area contributed by atoms with Gasteiger partial charge in [-0.25, -0.2) is 0 Å². The van der Waals surface area contributed by atoms with Crippen molar-refractivity contribution in [2.75, 3.05) is 14.2 Å². The molecule has 0 radical (unpaired) electrons. The highest BCUT2D eigenvalue weighted by Gasteiger charge is 2.44. The van der Waals surface area contributed by atoms with Crippen LogP contribution < -0.4 is 0 Å². The third-order valence-corrected chi connectivity index (χ3v) is 2.65. The van der Waals surface area contributed by atoms with Crippen molar-refractivity contribution in [3.05, 3.63) is 0 Å². The van der Waals surface area contributed by atoms with Gasteiger partial charge in [0.2, 0.25) is 0 Å². The minimum Gasteiger partial charge on any atom is -0.468 e. The van der Waals surface area contributed by atoms with E-state index >= 15 is 0 Å². The van der Waals surface area contributed by atoms with Crippen LogP contribution in [0.5, 0.6) is 0 Å². The van der Waals surface area contributed by atoms with E-state index in [9.17, 15) is 9.59 Å². The number of terminal acetylenes is 1. The number of hydrogen-bond donors (Lipinski definition) is 0. The van der Waals surface area contributed by atoms with E-state index in [1.165, 1.54) is 21.1 Å². The zero-order chi connectivity index (χ0) is 12.8. The fourth-order valence-electron chi connectivity index (χ4n) is 1.51. The number of ether oxygens (including phenoxy) is 2. The van der Waals surface area contributed by atoms with Crippen LogP contribution in [0.3, 0.4) is 0 Å². The number of hydrogen-bond acceptors (Lipinski definition) is 4. The largest absolute Gasteiger partial charge is 0.468 e. The highest BCUT2D eigenvalue weighted by Crippen LogP contribution is 2.30. The van der Waals surface area contributed by atoms with Crippen molar-refractivity contribution < 1.29 is 19.1 Å². The van der Waals surface area contributed by atoms with E-state index < -0.39 is 17.4 Å². The Balaban J connectivity index is 5.02. The van der Waals surface area contributed by atoms with Crippen LogP contribution in [0.25, 0.3) is 0 Å². The van der Waals surface area contributed by atoms with Gasteiger partial charge in [-0.3, -0.25) is 9.59 Å². The van der Waals surface area contributed by atoms with E-state index in [0.717, 1.165) is 0 Å². The fraction of sp³-hybridized carbons (Fsp3) is 0.667. The van der Waals surface area contributed by atoms with Gasteiger partial charge in [0, 0.05) is 5.92 Å². The van der Waals surface area contributed by atoms with Gasteiger partial charge in [0.25, 0.3) is 0 Å². The number of carbonyl (C=O) groups is 2. The summed E-state index contributed by atoms with van der Waals surface area (Å²) in [5.41, 5.74) is -1.32. The summed E-state index contributed by atoms with van der Waals surface area (Å²) in [6.07, 6.45) is 6.25. The molecule has 0 aromatic heterocycles. The normalized spacial score (nSPS) is 12.4. The predicted molar refractivity (Wildman–Crippen MR) is 59.4 cm³/mol. The molecule has 0 rings (SSSR count). The lowest BCUT2D eigenvalue weighted by Crippen LogP contribution is -2.40. The van der Waals surface area contributed by atoms with E-state index in [1.54, 1.807) is 0 Å². The average molecular weight is 226 g/mol. The quantitative estimate of drug-likeness (QED) is 0.404. The molecule has 1 atom stereocenters. The van der Waals surface area contributed by atoms with Gasteiger partial charge in [-0.2, -0.15) is 0 Å². The Bertz CT molecular complexity index is 285. The van der Waals surface area contributed by atoms with Crippen LogP contribution in [0.15, 0.2) is 0 Å². The summed E-state index contributed by atoms with van der Waals surface area (Å²) in [5, 5.41) is 0. The van der Waals surface area contributed by atoms with Gasteiger partial charge in [0.1, 0.15) is 0 Å². The van der Waals surface area contributed by atoms with Crippen LogP contribution in [0.4, 0.5) is 0 Å². The Morgan fingerprint density at radius 3 is 2.00 bits per heavy atom. The van der Waals surface area contributed by atoms with Crippen LogP contribution >= 0.6 is 0 Å². The van der Waals surface area contributed by atoms with E-state index in [1.807, 2.05) is 6.92 Å². The van der Waals surface area contributed by atoms with Crippen LogP contribution in [-0.4, -0.2) is 26.2 Å². The minimum absolute atomic E-state index is 0.150. The molecule has 0 amide bonds. The first kappa shape index (κ1) is 14.5. The molecule has 0 bridgehead atoms. The maximum Gasteiger partial charge on any atom is 0.322 e. The molecule has 0 spiro atoms. The summed E-state index contributed by atoms with van der Waals surface area (Å²) in [7, 11) is 2.47. The Labute approximate surface area is 96.3 Å². The fourth-order valence-corrected chi connectivity index (χ4v) is 1.51. The SMILES string of the molecule is C#C[C@H](CC)CC(C)(C(=O)OC)C(=O)OC. The molecule has 0 aromatic rings. The molecule has 90 valence electrons. The zero-order valence-corrected chi connectivity index (χ0v) is 10.2. The Morgan fingerprint density at radius 2 is 1.75 bits per heavy atom. The van der Waals surface area contributed by atoms with Crippen LogP contribution in [0.2, 0.25) is 0 Å². The molecule has 0 saturated carbocycles. The van der Waals surface area contributed by atoms with Gasteiger partial charge in [-0.15, -0.1) is 12.3 Å². The van der Waals surface area contributed by atoms with E-state index in [-0.39, 0.29) is 12.3 Å². The third kappa shape index (κ3) is 2.99. The van der Waals surface area contributed by atoms with Gasteiger partial charge >= 0.3 is 11.9 Å². The second kappa shape index (κ2) is 6.16. The minimum atomic E-state index is -1.32. The second-order valence-corrected chi connectivity index (χ2v) is 3.79. The summed E-state index contributed by atoms with van der Waals surface area (Å²) >= 11 is 0. The Morgan fingerprint density at radius 1 is 1.31 bits per heavy atom. The van der Waals surface area contributed by atoms with Crippen molar-refractivity contribution in [2.24, 2.45) is 11.3 Å². The number of esters is 2. The summed E-state index contributed by atoms with van der Waals surface area (Å²) in [6.45, 7) is 3.39. The Hall–Kier alpha value is -1.50. The van der Waals surface area contributed by atoms with Gasteiger partial charge < -0.3 is 9.47 Å². The third-order valence-electron chi connectivity index (χ3n) is 2.65. The van der Waals surface area contributed by atoms with E-state index in [4.69, 9.17) is 6.42 Å². The molecule has 4 heteroatoms. The summed E-state index contributed by atoms with van der Waals surface area (Å²) in [5.74, 6) is 1.16. The Kier molecular flexibility index (Phi) is 5.59. The first-order chi connectivity index (χ1) is 7.46. The first-order valence-corrected chi connectivity index (χ1v) is 5.09. The van der Waals surface area contributed by atoms with Crippen LogP contribution in [0, 0.1) is 23.7 Å². The van der Waals surface area contributed by atoms with Crippen molar-refractivity contribution in [1.82, 2.24) is 0 Å². The maximum atomic E-state index is 11.6. The van der Waals surface area contributed by atoms with Crippen molar-refractivity contribution in [1.29, 1.82) is 0 Å². The average Bonchev–Trinajstić information content (AvgIpc) is 2.33. The van der Waals surface area contributed by atoms with Gasteiger partial charge in [0.15, 0.2) is 5.41 Å². The molecule has 0 saturated heterocycles. The molecule has 0 N–H and O–H groups in total. The number of carbonyl (C=O) groups excluding carboxylic acids is 2. The zero-order valence-electron chi connectivity index (χ0n) is 10.2. The van der Waals surface area contributed by atoms with Crippen molar-refractivity contribution in [3.63, 3.8) is 0 Å². The molecule has 0 fully saturated rings. The molecule has 0 aliphatic heterocycles. The van der Waals surface area contributed by atoms with Crippen LogP contribution in [0.1, 0.15) is 26.7 Å². The summed E-state index contributed by atoms with van der Waals surface area (Å²) in [4.78, 5) is 23.2. The first-order valence-electron chi connectivity index (χ1n) is 5.09. The second-order valence-electron chi connectivity index (χ2n) is 3.79. The van der Waals surface area contributed by atoms with E-state index in [2.05, 4.69) is 15.4 Å². The summed E-state index contributed by atoms with van der Waals surface area (Å²) in [6, 6.07) is 0. The summed E-state index contributed by atoms with van der Waals surface area (Å²) < 4.78 is 9.24. The lowest BCUT2D eigenvalue weighted by molar-refractivity contribution is -0.168. The molecule has 4 nitrogen and oxygen atoms in total. The lowest BCUT2D eigenvalue weighted by Gasteiger charge is -2.25. The topological polar surface area (TPSA) is 52.6 Å². The van der Waals surface area contributed by atoms with Crippen LogP contribution in [-0.2, 0) is 19.1 Å². The molecular weight excluding hydrogens is 208 g/mol. The monoisotopic (exact) mass is 226 g/mol. The standard InChI is InChI=1S/C12H18O4/c1-6-9(7-2)8-12(3,10(13)15-4)11(14)16-5/h1,9H,7-8H2,2-5H3/t9-/m1/s1. The van der Waals surface area contributed by atoms with Crippen molar-refractivity contribution in [2.45, 2.75) is 26.7 Å². The maximum absolute atomic E-state index is 11.6. The predicted octanol–water partition coefficient (Wildman–Crippen LogP) is 1.39. The van der Waals surface area contributed by atoms with Crippen molar-refractivity contribution >= 4 is 11.9 Å². The smallest absolute Gasteiger partial charge is 0.322 e. The highest BCUT2D eigenvalue weighted by molar-refractivity contribution is 5.99. The number of rotatable bonds is 5. The molecule has 0 unspecified atom stereocenters. The molecule has 16 heavy (non-hydrogen) atoms. The highest BCUT2D eigenvalue weighted by atomic mass is 16.5. The molecule has 0 heterocycles. The molecular formula is C12H18O4. The van der Waals surface area contributed by atoms with Gasteiger partial charge in [-0.05, 0) is 19.8 Å². The van der Waals surface area contributed by atoms with Gasteiger partial charge in [0.05, 0.1) is 14.2 Å². The molecule has 0 aromatic carbocycles.